The maximum absolute atomic E-state index is 5.36. The molecule has 0 aliphatic heterocycles. The molecular formula is C12H12Br2N4O. The average Bonchev–Trinajstić information content (AvgIpc) is 2.66. The maximum atomic E-state index is 5.36. The summed E-state index contributed by atoms with van der Waals surface area (Å²) in [4.78, 5) is 0. The van der Waals surface area contributed by atoms with Crippen molar-refractivity contribution < 1.29 is 4.74 Å². The number of methoxy groups -OCH3 is 1. The van der Waals surface area contributed by atoms with E-state index in [1.165, 1.54) is 0 Å². The van der Waals surface area contributed by atoms with E-state index < -0.39 is 0 Å². The summed E-state index contributed by atoms with van der Waals surface area (Å²) in [7, 11) is 1.63. The van der Waals surface area contributed by atoms with Gasteiger partial charge < -0.3 is 4.74 Å². The Labute approximate surface area is 127 Å². The normalized spacial score (nSPS) is 11.2. The van der Waals surface area contributed by atoms with Gasteiger partial charge in [-0.1, -0.05) is 15.9 Å². The molecule has 2 rings (SSSR count). The highest BCUT2D eigenvalue weighted by Crippen LogP contribution is 2.31. The first-order chi connectivity index (χ1) is 9.02. The van der Waals surface area contributed by atoms with Gasteiger partial charge >= 0.3 is 0 Å². The monoisotopic (exact) mass is 386 g/mol. The molecule has 1 aromatic heterocycles. The van der Waals surface area contributed by atoms with Crippen LogP contribution in [0.25, 0.3) is 0 Å². The summed E-state index contributed by atoms with van der Waals surface area (Å²) in [5.41, 5.74) is 0.858. The van der Waals surface area contributed by atoms with Gasteiger partial charge in [0.05, 0.1) is 17.8 Å². The van der Waals surface area contributed by atoms with Crippen LogP contribution in [0.3, 0.4) is 0 Å². The minimum atomic E-state index is 0.732. The molecule has 0 radical (unpaired) electrons. The van der Waals surface area contributed by atoms with Crippen LogP contribution in [0.5, 0.6) is 5.75 Å². The molecular weight excluding hydrogens is 376 g/mol. The largest absolute Gasteiger partial charge is 0.495 e. The van der Waals surface area contributed by atoms with Crippen molar-refractivity contribution in [1.82, 2.24) is 14.9 Å². The molecule has 0 unspecified atom stereocenters. The zero-order chi connectivity index (χ0) is 14.0. The Balaban J connectivity index is 2.44. The SMILES string of the molecule is COc1c(Br)cc(Br)cc1/C=N/n1c(C)nnc1C. The number of halogens is 2. The van der Waals surface area contributed by atoms with Gasteiger partial charge in [-0.3, -0.25) is 0 Å². The number of hydrogen-bond acceptors (Lipinski definition) is 4. The Bertz CT molecular complexity index is 617. The van der Waals surface area contributed by atoms with Crippen LogP contribution in [0.1, 0.15) is 17.2 Å². The number of nitrogens with zero attached hydrogens (tertiary/aromatic N) is 4. The summed E-state index contributed by atoms with van der Waals surface area (Å²) in [6, 6.07) is 3.85. The molecule has 0 atom stereocenters. The number of ether oxygens (including phenoxy) is 1. The van der Waals surface area contributed by atoms with Gasteiger partial charge in [0.2, 0.25) is 0 Å². The van der Waals surface area contributed by atoms with Crippen molar-refractivity contribution in [3.8, 4) is 5.75 Å². The van der Waals surface area contributed by atoms with E-state index in [1.54, 1.807) is 18.0 Å². The van der Waals surface area contributed by atoms with Crippen molar-refractivity contribution in [3.63, 3.8) is 0 Å². The summed E-state index contributed by atoms with van der Waals surface area (Å²) in [6.45, 7) is 3.71. The Hall–Kier alpha value is -1.21. The Morgan fingerprint density at radius 1 is 1.21 bits per heavy atom. The third-order valence-corrected chi connectivity index (χ3v) is 3.55. The molecule has 5 nitrogen and oxygen atoms in total. The molecule has 0 amide bonds. The lowest BCUT2D eigenvalue weighted by Crippen LogP contribution is -1.98. The number of rotatable bonds is 3. The molecule has 7 heteroatoms. The summed E-state index contributed by atoms with van der Waals surface area (Å²) in [5, 5.41) is 12.3. The smallest absolute Gasteiger partial charge is 0.151 e. The fraction of sp³-hybridized carbons (Fsp3) is 0.250. The molecule has 0 spiro atoms. The number of benzene rings is 1. The average molecular weight is 388 g/mol. The number of aromatic nitrogens is 3. The summed E-state index contributed by atoms with van der Waals surface area (Å²) in [6.07, 6.45) is 1.72. The molecule has 0 bridgehead atoms. The van der Waals surface area contributed by atoms with Gasteiger partial charge in [0, 0.05) is 10.0 Å². The van der Waals surface area contributed by atoms with Gasteiger partial charge in [-0.25, -0.2) is 4.68 Å². The Morgan fingerprint density at radius 2 is 1.84 bits per heavy atom. The van der Waals surface area contributed by atoms with E-state index in [4.69, 9.17) is 4.74 Å². The first-order valence-electron chi connectivity index (χ1n) is 5.49. The van der Waals surface area contributed by atoms with Crippen molar-refractivity contribution in [2.24, 2.45) is 5.10 Å². The predicted molar refractivity (Wildman–Crippen MR) is 80.9 cm³/mol. The quantitative estimate of drug-likeness (QED) is 0.759. The molecule has 2 aromatic rings. The lowest BCUT2D eigenvalue weighted by Gasteiger charge is -2.08. The molecule has 0 N–H and O–H groups in total. The van der Waals surface area contributed by atoms with Crippen LogP contribution in [0, 0.1) is 13.8 Å². The lowest BCUT2D eigenvalue weighted by molar-refractivity contribution is 0.411. The van der Waals surface area contributed by atoms with Gasteiger partial charge in [0.1, 0.15) is 5.75 Å². The summed E-state index contributed by atoms with van der Waals surface area (Å²) < 4.78 is 8.84. The van der Waals surface area contributed by atoms with Crippen molar-refractivity contribution >= 4 is 38.1 Å². The van der Waals surface area contributed by atoms with Crippen LogP contribution >= 0.6 is 31.9 Å². The fourth-order valence-electron chi connectivity index (χ4n) is 1.64. The van der Waals surface area contributed by atoms with Gasteiger partial charge in [-0.05, 0) is 41.9 Å². The van der Waals surface area contributed by atoms with Crippen LogP contribution in [-0.4, -0.2) is 28.2 Å². The molecule has 1 heterocycles. The number of aryl methyl sites for hydroxylation is 2. The highest BCUT2D eigenvalue weighted by molar-refractivity contribution is 9.11. The van der Waals surface area contributed by atoms with E-state index in [0.29, 0.717) is 0 Å². The molecule has 19 heavy (non-hydrogen) atoms. The Kier molecular flexibility index (Phi) is 4.36. The van der Waals surface area contributed by atoms with Crippen LogP contribution < -0.4 is 4.74 Å². The first-order valence-corrected chi connectivity index (χ1v) is 7.07. The molecule has 1 aromatic carbocycles. The zero-order valence-corrected chi connectivity index (χ0v) is 13.9. The van der Waals surface area contributed by atoms with Gasteiger partial charge in [-0.15, -0.1) is 10.2 Å². The molecule has 0 aliphatic carbocycles. The van der Waals surface area contributed by atoms with Crippen molar-refractivity contribution in [1.29, 1.82) is 0 Å². The molecule has 0 aliphatic rings. The molecule has 0 saturated carbocycles. The van der Waals surface area contributed by atoms with E-state index in [-0.39, 0.29) is 0 Å². The standard InChI is InChI=1S/C12H12Br2N4O/c1-7-16-17-8(2)18(7)15-6-9-4-10(13)5-11(14)12(9)19-3/h4-6H,1-3H3/b15-6+. The van der Waals surface area contributed by atoms with Crippen LogP contribution in [0.2, 0.25) is 0 Å². The molecule has 0 fully saturated rings. The summed E-state index contributed by atoms with van der Waals surface area (Å²) >= 11 is 6.90. The Morgan fingerprint density at radius 3 is 2.42 bits per heavy atom. The second-order valence-corrected chi connectivity index (χ2v) is 5.63. The second-order valence-electron chi connectivity index (χ2n) is 3.86. The van der Waals surface area contributed by atoms with Crippen molar-refractivity contribution in [3.05, 3.63) is 38.3 Å². The van der Waals surface area contributed by atoms with Gasteiger partial charge in [0.15, 0.2) is 11.6 Å². The van der Waals surface area contributed by atoms with Gasteiger partial charge in [-0.2, -0.15) is 5.10 Å². The van der Waals surface area contributed by atoms with Crippen LogP contribution in [-0.2, 0) is 0 Å². The zero-order valence-electron chi connectivity index (χ0n) is 10.7. The fourth-order valence-corrected chi connectivity index (χ4v) is 3.06. The van der Waals surface area contributed by atoms with Crippen LogP contribution in [0.4, 0.5) is 0 Å². The molecule has 0 saturated heterocycles. The van der Waals surface area contributed by atoms with E-state index in [9.17, 15) is 0 Å². The minimum Gasteiger partial charge on any atom is -0.495 e. The minimum absolute atomic E-state index is 0.732. The summed E-state index contributed by atoms with van der Waals surface area (Å²) in [5.74, 6) is 2.21. The van der Waals surface area contributed by atoms with Crippen molar-refractivity contribution in [2.75, 3.05) is 7.11 Å². The highest BCUT2D eigenvalue weighted by Gasteiger charge is 2.08. The highest BCUT2D eigenvalue weighted by atomic mass is 79.9. The van der Waals surface area contributed by atoms with Crippen molar-refractivity contribution in [2.45, 2.75) is 13.8 Å². The molecule has 100 valence electrons. The van der Waals surface area contributed by atoms with E-state index in [0.717, 1.165) is 31.9 Å². The van der Waals surface area contributed by atoms with E-state index in [1.807, 2.05) is 26.0 Å². The topological polar surface area (TPSA) is 52.3 Å². The van der Waals surface area contributed by atoms with Gasteiger partial charge in [0.25, 0.3) is 0 Å². The van der Waals surface area contributed by atoms with E-state index in [2.05, 4.69) is 47.2 Å². The third kappa shape index (κ3) is 3.03. The first kappa shape index (κ1) is 14.2. The maximum Gasteiger partial charge on any atom is 0.151 e. The third-order valence-electron chi connectivity index (χ3n) is 2.51. The van der Waals surface area contributed by atoms with E-state index >= 15 is 0 Å². The predicted octanol–water partition coefficient (Wildman–Crippen LogP) is 3.31. The second kappa shape index (κ2) is 5.83. The number of hydrogen-bond donors (Lipinski definition) is 0. The van der Waals surface area contributed by atoms with Crippen LogP contribution in [0.15, 0.2) is 26.2 Å². The lowest BCUT2D eigenvalue weighted by atomic mass is 10.2.